The molecule has 0 spiro atoms. The van der Waals surface area contributed by atoms with E-state index in [-0.39, 0.29) is 18.1 Å². The van der Waals surface area contributed by atoms with E-state index >= 15 is 0 Å². The molecule has 6 nitrogen and oxygen atoms in total. The Morgan fingerprint density at radius 3 is 2.30 bits per heavy atom. The van der Waals surface area contributed by atoms with Crippen LogP contribution < -0.4 is 0 Å². The van der Waals surface area contributed by atoms with Crippen molar-refractivity contribution in [3.8, 4) is 0 Å². The molecule has 0 amide bonds. The second-order valence-electron chi connectivity index (χ2n) is 6.51. The molecule has 0 saturated heterocycles. The zero-order chi connectivity index (χ0) is 20.2. The molecule has 0 aliphatic heterocycles. The molecular weight excluding hydrogens is 348 g/mol. The van der Waals surface area contributed by atoms with Gasteiger partial charge in [-0.3, -0.25) is 9.59 Å². The molecule has 0 aliphatic rings. The number of carbonyl (C=O) groups is 3. The maximum absolute atomic E-state index is 12.1. The lowest BCUT2D eigenvalue weighted by atomic mass is 9.93. The highest BCUT2D eigenvalue weighted by molar-refractivity contribution is 5.99. The predicted octanol–water partition coefficient (Wildman–Crippen LogP) is 4.01. The number of benzene rings is 1. The van der Waals surface area contributed by atoms with Gasteiger partial charge in [0, 0.05) is 0 Å². The Bertz CT molecular complexity index is 650. The fraction of sp³-hybridized carbons (Fsp3) is 0.476. The lowest BCUT2D eigenvalue weighted by molar-refractivity contribution is -0.152. The summed E-state index contributed by atoms with van der Waals surface area (Å²) < 4.78 is 5.23. The van der Waals surface area contributed by atoms with Crippen LogP contribution in [0.4, 0.5) is 0 Å². The maximum atomic E-state index is 12.1. The first kappa shape index (κ1) is 22.4. The molecule has 0 aromatic heterocycles. The molecule has 0 aliphatic carbocycles. The second kappa shape index (κ2) is 11.9. The lowest BCUT2D eigenvalue weighted by Crippen LogP contribution is -2.26. The second-order valence-corrected chi connectivity index (χ2v) is 6.51. The van der Waals surface area contributed by atoms with Crippen molar-refractivity contribution in [1.29, 1.82) is 0 Å². The molecule has 148 valence electrons. The van der Waals surface area contributed by atoms with Gasteiger partial charge in [0.25, 0.3) is 0 Å². The number of carbonyl (C=O) groups excluding carboxylic acids is 1. The number of rotatable bonds is 12. The van der Waals surface area contributed by atoms with Crippen molar-refractivity contribution in [2.24, 2.45) is 11.8 Å². The van der Waals surface area contributed by atoms with E-state index in [0.29, 0.717) is 5.56 Å². The predicted molar refractivity (Wildman–Crippen MR) is 102 cm³/mol. The van der Waals surface area contributed by atoms with Gasteiger partial charge in [0.15, 0.2) is 0 Å². The van der Waals surface area contributed by atoms with Crippen LogP contribution in [0.5, 0.6) is 0 Å². The van der Waals surface area contributed by atoms with Crippen LogP contribution in [0.15, 0.2) is 35.9 Å². The van der Waals surface area contributed by atoms with Gasteiger partial charge in [0.1, 0.15) is 0 Å². The molecule has 2 unspecified atom stereocenters. The number of esters is 1. The van der Waals surface area contributed by atoms with E-state index in [2.05, 4.69) is 6.92 Å². The molecule has 2 N–H and O–H groups in total. The van der Waals surface area contributed by atoms with Gasteiger partial charge in [-0.1, -0.05) is 63.4 Å². The monoisotopic (exact) mass is 376 g/mol. The number of ether oxygens (including phenoxy) is 1. The minimum absolute atomic E-state index is 0.229. The van der Waals surface area contributed by atoms with Crippen molar-refractivity contribution in [3.63, 3.8) is 0 Å². The minimum Gasteiger partial charge on any atom is -0.481 e. The van der Waals surface area contributed by atoms with Crippen molar-refractivity contribution in [2.45, 2.75) is 46.0 Å². The number of aliphatic carboxylic acids is 2. The molecule has 1 aromatic carbocycles. The van der Waals surface area contributed by atoms with Crippen molar-refractivity contribution in [2.75, 3.05) is 6.61 Å². The number of carboxylic acids is 2. The molecule has 0 saturated carbocycles. The number of carboxylic acid groups (broad SMARTS) is 2. The molecule has 6 heteroatoms. The Morgan fingerprint density at radius 1 is 1.11 bits per heavy atom. The van der Waals surface area contributed by atoms with E-state index < -0.39 is 30.2 Å². The molecule has 0 heterocycles. The summed E-state index contributed by atoms with van der Waals surface area (Å²) in [4.78, 5) is 35.3. The normalized spacial score (nSPS) is 13.6. The Balaban J connectivity index is 2.84. The first-order valence-electron chi connectivity index (χ1n) is 9.27. The van der Waals surface area contributed by atoms with Gasteiger partial charge in [0.2, 0.25) is 0 Å². The SMILES string of the molecule is CCCCC(CC)COC(=O)CC(C(=O)O)C(=Cc1ccccc1)C(=O)O. The standard InChI is InChI=1S/C21H28O6/c1-3-5-9-15(4-2)14-27-19(22)13-18(21(25)26)17(20(23)24)12-16-10-7-6-8-11-16/h6-8,10-12,15,18H,3-5,9,13-14H2,1-2H3,(H,23,24)(H,25,26). The van der Waals surface area contributed by atoms with Crippen LogP contribution in [0.2, 0.25) is 0 Å². The zero-order valence-electron chi connectivity index (χ0n) is 15.9. The number of hydrogen-bond donors (Lipinski definition) is 2. The van der Waals surface area contributed by atoms with Crippen molar-refractivity contribution >= 4 is 24.0 Å². The van der Waals surface area contributed by atoms with Gasteiger partial charge in [-0.15, -0.1) is 0 Å². The average Bonchev–Trinajstić information content (AvgIpc) is 2.65. The highest BCUT2D eigenvalue weighted by atomic mass is 16.5. The summed E-state index contributed by atoms with van der Waals surface area (Å²) in [5.41, 5.74) is 0.212. The third kappa shape index (κ3) is 8.07. The van der Waals surface area contributed by atoms with Crippen LogP contribution >= 0.6 is 0 Å². The summed E-state index contributed by atoms with van der Waals surface area (Å²) in [6, 6.07) is 8.54. The third-order valence-corrected chi connectivity index (χ3v) is 4.44. The van der Waals surface area contributed by atoms with E-state index in [0.717, 1.165) is 25.7 Å². The smallest absolute Gasteiger partial charge is 0.332 e. The molecule has 2 atom stereocenters. The Morgan fingerprint density at radius 2 is 1.78 bits per heavy atom. The summed E-state index contributed by atoms with van der Waals surface area (Å²) in [6.07, 6.45) is 4.67. The summed E-state index contributed by atoms with van der Waals surface area (Å²) in [5, 5.41) is 18.9. The molecule has 0 radical (unpaired) electrons. The van der Waals surface area contributed by atoms with E-state index in [1.54, 1.807) is 30.3 Å². The van der Waals surface area contributed by atoms with Crippen LogP contribution in [0, 0.1) is 11.8 Å². The summed E-state index contributed by atoms with van der Waals surface area (Å²) in [6.45, 7) is 4.33. The highest BCUT2D eigenvalue weighted by Gasteiger charge is 2.30. The Kier molecular flexibility index (Phi) is 9.86. The van der Waals surface area contributed by atoms with Crippen LogP contribution in [0.3, 0.4) is 0 Å². The fourth-order valence-electron chi connectivity index (χ4n) is 2.70. The number of unbranched alkanes of at least 4 members (excludes halogenated alkanes) is 1. The van der Waals surface area contributed by atoms with E-state index in [1.807, 2.05) is 6.92 Å². The summed E-state index contributed by atoms with van der Waals surface area (Å²) in [5.74, 6) is -4.66. The largest absolute Gasteiger partial charge is 0.481 e. The van der Waals surface area contributed by atoms with Gasteiger partial charge < -0.3 is 14.9 Å². The van der Waals surface area contributed by atoms with Crippen LogP contribution in [-0.4, -0.2) is 34.7 Å². The lowest BCUT2D eigenvalue weighted by Gasteiger charge is -2.17. The van der Waals surface area contributed by atoms with Crippen molar-refractivity contribution < 1.29 is 29.3 Å². The summed E-state index contributed by atoms with van der Waals surface area (Å²) in [7, 11) is 0. The maximum Gasteiger partial charge on any atom is 0.332 e. The van der Waals surface area contributed by atoms with Gasteiger partial charge >= 0.3 is 17.9 Å². The van der Waals surface area contributed by atoms with E-state index in [4.69, 9.17) is 4.74 Å². The minimum atomic E-state index is -1.47. The molecular formula is C21H28O6. The van der Waals surface area contributed by atoms with E-state index in [1.165, 1.54) is 6.08 Å². The van der Waals surface area contributed by atoms with Crippen LogP contribution in [0.25, 0.3) is 6.08 Å². The molecule has 0 bridgehead atoms. The van der Waals surface area contributed by atoms with Gasteiger partial charge in [-0.05, 0) is 24.0 Å². The van der Waals surface area contributed by atoms with Crippen molar-refractivity contribution in [3.05, 3.63) is 41.5 Å². The Hall–Kier alpha value is -2.63. The molecule has 27 heavy (non-hydrogen) atoms. The van der Waals surface area contributed by atoms with Crippen LogP contribution in [-0.2, 0) is 19.1 Å². The average molecular weight is 376 g/mol. The van der Waals surface area contributed by atoms with E-state index in [9.17, 15) is 24.6 Å². The zero-order valence-corrected chi connectivity index (χ0v) is 15.9. The third-order valence-electron chi connectivity index (χ3n) is 4.44. The van der Waals surface area contributed by atoms with Gasteiger partial charge in [-0.25, -0.2) is 4.79 Å². The molecule has 0 fully saturated rings. The molecule has 1 rings (SSSR count). The first-order valence-corrected chi connectivity index (χ1v) is 9.27. The van der Waals surface area contributed by atoms with Gasteiger partial charge in [0.05, 0.1) is 24.5 Å². The fourth-order valence-corrected chi connectivity index (χ4v) is 2.70. The number of hydrogen-bond acceptors (Lipinski definition) is 4. The first-order chi connectivity index (χ1) is 12.9. The Labute approximate surface area is 159 Å². The van der Waals surface area contributed by atoms with Crippen molar-refractivity contribution in [1.82, 2.24) is 0 Å². The topological polar surface area (TPSA) is 101 Å². The van der Waals surface area contributed by atoms with Crippen LogP contribution in [0.1, 0.15) is 51.5 Å². The molecule has 1 aromatic rings. The van der Waals surface area contributed by atoms with Gasteiger partial charge in [-0.2, -0.15) is 0 Å². The quantitative estimate of drug-likeness (QED) is 0.422. The summed E-state index contributed by atoms with van der Waals surface area (Å²) >= 11 is 0. The highest BCUT2D eigenvalue weighted by Crippen LogP contribution is 2.21.